The quantitative estimate of drug-likeness (QED) is 0.758. The third-order valence-corrected chi connectivity index (χ3v) is 3.18. The molecule has 1 N–H and O–H groups in total. The van der Waals surface area contributed by atoms with Crippen LogP contribution in [0.1, 0.15) is 16.1 Å². The van der Waals surface area contributed by atoms with Crippen molar-refractivity contribution in [1.82, 2.24) is 20.1 Å². The number of nitrogens with zero attached hydrogens (tertiary/aromatic N) is 3. The van der Waals surface area contributed by atoms with Gasteiger partial charge >= 0.3 is 0 Å². The Labute approximate surface area is 133 Å². The van der Waals surface area contributed by atoms with E-state index in [1.54, 1.807) is 29.3 Å². The number of aromatic nitrogens is 3. The molecule has 0 aliphatic carbocycles. The fraction of sp³-hybridized carbons (Fsp3) is 0.118. The van der Waals surface area contributed by atoms with Crippen molar-refractivity contribution in [3.8, 4) is 5.75 Å². The van der Waals surface area contributed by atoms with E-state index in [1.165, 1.54) is 0 Å². The number of carbonyl (C=O) groups is 1. The Morgan fingerprint density at radius 1 is 1.09 bits per heavy atom. The monoisotopic (exact) mass is 308 g/mol. The van der Waals surface area contributed by atoms with E-state index in [4.69, 9.17) is 4.74 Å². The number of carbonyl (C=O) groups excluding carboxylic acids is 1. The zero-order chi connectivity index (χ0) is 15.9. The first-order chi connectivity index (χ1) is 11.3. The second-order valence-corrected chi connectivity index (χ2v) is 4.87. The summed E-state index contributed by atoms with van der Waals surface area (Å²) in [6.45, 7) is 0.691. The summed E-state index contributed by atoms with van der Waals surface area (Å²) in [6, 6.07) is 14.8. The number of hydrogen-bond donors (Lipinski definition) is 1. The average molecular weight is 308 g/mol. The molecule has 1 aromatic carbocycles. The van der Waals surface area contributed by atoms with Crippen molar-refractivity contribution in [2.75, 3.05) is 0 Å². The molecule has 0 aliphatic heterocycles. The predicted octanol–water partition coefficient (Wildman–Crippen LogP) is 2.24. The maximum Gasteiger partial charge on any atom is 0.272 e. The number of pyridine rings is 1. The molecule has 23 heavy (non-hydrogen) atoms. The van der Waals surface area contributed by atoms with Gasteiger partial charge in [0, 0.05) is 25.1 Å². The lowest BCUT2D eigenvalue weighted by Gasteiger charge is -2.05. The molecule has 1 amide bonds. The maximum atomic E-state index is 12.1. The zero-order valence-electron chi connectivity index (χ0n) is 12.4. The lowest BCUT2D eigenvalue weighted by molar-refractivity contribution is 0.0944. The summed E-state index contributed by atoms with van der Waals surface area (Å²) in [4.78, 5) is 16.0. The van der Waals surface area contributed by atoms with Crippen molar-refractivity contribution >= 4 is 5.91 Å². The standard InChI is InChI=1S/C17H16N4O2/c22-17(19-12-14-6-9-18-10-7-14)16-8-11-21(20-16)13-23-15-4-2-1-3-5-15/h1-11H,12-13H2,(H,19,22). The minimum atomic E-state index is -0.222. The Morgan fingerprint density at radius 2 is 1.87 bits per heavy atom. The summed E-state index contributed by atoms with van der Waals surface area (Å²) in [7, 11) is 0. The van der Waals surface area contributed by atoms with Gasteiger partial charge in [-0.3, -0.25) is 9.78 Å². The summed E-state index contributed by atoms with van der Waals surface area (Å²) in [6.07, 6.45) is 5.10. The fourth-order valence-electron chi connectivity index (χ4n) is 1.99. The molecule has 0 radical (unpaired) electrons. The molecule has 0 saturated carbocycles. The van der Waals surface area contributed by atoms with Gasteiger partial charge in [0.15, 0.2) is 6.73 Å². The van der Waals surface area contributed by atoms with Crippen molar-refractivity contribution in [3.05, 3.63) is 78.4 Å². The summed E-state index contributed by atoms with van der Waals surface area (Å²) in [5.74, 6) is 0.534. The smallest absolute Gasteiger partial charge is 0.272 e. The molecule has 6 nitrogen and oxygen atoms in total. The molecule has 0 spiro atoms. The molecular formula is C17H16N4O2. The van der Waals surface area contributed by atoms with Crippen LogP contribution in [0, 0.1) is 0 Å². The second-order valence-electron chi connectivity index (χ2n) is 4.87. The molecule has 0 aliphatic rings. The van der Waals surface area contributed by atoms with Crippen LogP contribution in [0.2, 0.25) is 0 Å². The molecule has 3 rings (SSSR count). The Kier molecular flexibility index (Phi) is 4.63. The van der Waals surface area contributed by atoms with Gasteiger partial charge in [0.1, 0.15) is 11.4 Å². The third kappa shape index (κ3) is 4.16. The molecule has 0 atom stereocenters. The van der Waals surface area contributed by atoms with Crippen molar-refractivity contribution in [2.24, 2.45) is 0 Å². The third-order valence-electron chi connectivity index (χ3n) is 3.18. The number of rotatable bonds is 6. The zero-order valence-corrected chi connectivity index (χ0v) is 12.4. The SMILES string of the molecule is O=C(NCc1ccncc1)c1ccn(COc2ccccc2)n1. The van der Waals surface area contributed by atoms with E-state index in [0.29, 0.717) is 12.2 Å². The molecule has 116 valence electrons. The van der Waals surface area contributed by atoms with Gasteiger partial charge in [-0.1, -0.05) is 18.2 Å². The van der Waals surface area contributed by atoms with Crippen molar-refractivity contribution in [3.63, 3.8) is 0 Å². The van der Waals surface area contributed by atoms with Gasteiger partial charge in [0.05, 0.1) is 0 Å². The molecule has 6 heteroatoms. The normalized spacial score (nSPS) is 10.3. The Bertz CT molecular complexity index is 757. The molecule has 0 fully saturated rings. The summed E-state index contributed by atoms with van der Waals surface area (Å²) in [5.41, 5.74) is 1.34. The van der Waals surface area contributed by atoms with Crippen LogP contribution in [0.3, 0.4) is 0 Å². The van der Waals surface area contributed by atoms with E-state index in [1.807, 2.05) is 42.5 Å². The van der Waals surface area contributed by atoms with Gasteiger partial charge in [-0.2, -0.15) is 5.10 Å². The van der Waals surface area contributed by atoms with Crippen molar-refractivity contribution in [1.29, 1.82) is 0 Å². The molecule has 0 saturated heterocycles. The fourth-order valence-corrected chi connectivity index (χ4v) is 1.99. The van der Waals surface area contributed by atoms with E-state index >= 15 is 0 Å². The van der Waals surface area contributed by atoms with Crippen LogP contribution in [0.25, 0.3) is 0 Å². The van der Waals surface area contributed by atoms with E-state index in [0.717, 1.165) is 11.3 Å². The summed E-state index contributed by atoms with van der Waals surface area (Å²) in [5, 5.41) is 7.02. The predicted molar refractivity (Wildman–Crippen MR) is 84.7 cm³/mol. The summed E-state index contributed by atoms with van der Waals surface area (Å²) >= 11 is 0. The first kappa shape index (κ1) is 14.8. The van der Waals surface area contributed by atoms with E-state index in [9.17, 15) is 4.79 Å². The first-order valence-corrected chi connectivity index (χ1v) is 7.20. The van der Waals surface area contributed by atoms with Crippen LogP contribution in [0.5, 0.6) is 5.75 Å². The number of amides is 1. The number of ether oxygens (including phenoxy) is 1. The van der Waals surface area contributed by atoms with Crippen LogP contribution in [-0.4, -0.2) is 20.7 Å². The highest BCUT2D eigenvalue weighted by atomic mass is 16.5. The maximum absolute atomic E-state index is 12.1. The van der Waals surface area contributed by atoms with Gasteiger partial charge in [0.25, 0.3) is 5.91 Å². The largest absolute Gasteiger partial charge is 0.471 e. The number of para-hydroxylation sites is 1. The lowest BCUT2D eigenvalue weighted by atomic mass is 10.2. The Balaban J connectivity index is 1.53. The molecule has 2 aromatic heterocycles. The van der Waals surface area contributed by atoms with Crippen LogP contribution in [0.15, 0.2) is 67.1 Å². The van der Waals surface area contributed by atoms with E-state index in [2.05, 4.69) is 15.4 Å². The van der Waals surface area contributed by atoms with Gasteiger partial charge in [-0.05, 0) is 35.9 Å². The lowest BCUT2D eigenvalue weighted by Crippen LogP contribution is -2.23. The average Bonchev–Trinajstić information content (AvgIpc) is 3.09. The first-order valence-electron chi connectivity index (χ1n) is 7.20. The van der Waals surface area contributed by atoms with Gasteiger partial charge in [0.2, 0.25) is 0 Å². The van der Waals surface area contributed by atoms with Gasteiger partial charge in [-0.25, -0.2) is 4.68 Å². The number of benzene rings is 1. The van der Waals surface area contributed by atoms with Crippen molar-refractivity contribution in [2.45, 2.75) is 13.3 Å². The van der Waals surface area contributed by atoms with Gasteiger partial charge in [-0.15, -0.1) is 0 Å². The molecule has 3 aromatic rings. The van der Waals surface area contributed by atoms with Crippen LogP contribution < -0.4 is 10.1 Å². The highest BCUT2D eigenvalue weighted by Crippen LogP contribution is 2.09. The highest BCUT2D eigenvalue weighted by molar-refractivity contribution is 5.92. The number of nitrogens with one attached hydrogen (secondary N) is 1. The molecular weight excluding hydrogens is 292 g/mol. The Morgan fingerprint density at radius 3 is 2.65 bits per heavy atom. The van der Waals surface area contributed by atoms with Crippen molar-refractivity contribution < 1.29 is 9.53 Å². The van der Waals surface area contributed by atoms with Crippen LogP contribution in [-0.2, 0) is 13.3 Å². The highest BCUT2D eigenvalue weighted by Gasteiger charge is 2.09. The van der Waals surface area contributed by atoms with Crippen LogP contribution >= 0.6 is 0 Å². The molecule has 0 unspecified atom stereocenters. The molecule has 2 heterocycles. The minimum absolute atomic E-state index is 0.222. The molecule has 0 bridgehead atoms. The van der Waals surface area contributed by atoms with E-state index in [-0.39, 0.29) is 12.6 Å². The van der Waals surface area contributed by atoms with Gasteiger partial charge < -0.3 is 10.1 Å². The second kappa shape index (κ2) is 7.22. The minimum Gasteiger partial charge on any atom is -0.471 e. The summed E-state index contributed by atoms with van der Waals surface area (Å²) < 4.78 is 7.15. The van der Waals surface area contributed by atoms with E-state index < -0.39 is 0 Å². The number of hydrogen-bond acceptors (Lipinski definition) is 4. The Hall–Kier alpha value is -3.15. The van der Waals surface area contributed by atoms with Crippen LogP contribution in [0.4, 0.5) is 0 Å². The topological polar surface area (TPSA) is 69.0 Å².